The molecule has 1 aromatic carbocycles. The maximum absolute atomic E-state index is 11.0. The zero-order valence-electron chi connectivity index (χ0n) is 10.7. The predicted molar refractivity (Wildman–Crippen MR) is 77.3 cm³/mol. The lowest BCUT2D eigenvalue weighted by Gasteiger charge is -2.06. The number of sulfonamides is 1. The van der Waals surface area contributed by atoms with E-state index in [-0.39, 0.29) is 16.8 Å². The summed E-state index contributed by atoms with van der Waals surface area (Å²) in [5, 5.41) is 13.9. The minimum absolute atomic E-state index is 0.148. The van der Waals surface area contributed by atoms with Crippen LogP contribution in [0.15, 0.2) is 36.4 Å². The molecule has 0 unspecified atom stereocenters. The summed E-state index contributed by atoms with van der Waals surface area (Å²) in [5.74, 6) is 0.367. The maximum Gasteiger partial charge on any atom is 0.221 e. The third kappa shape index (κ3) is 4.72. The molecule has 0 atom stereocenters. The number of primary sulfonamides is 1. The monoisotopic (exact) mass is 323 g/mol. The van der Waals surface area contributed by atoms with Crippen molar-refractivity contribution in [1.82, 2.24) is 4.98 Å². The molecule has 0 saturated heterocycles. The fourth-order valence-corrected chi connectivity index (χ4v) is 2.45. The molecule has 0 fully saturated rings. The average Bonchev–Trinajstić information content (AvgIpc) is 2.38. The normalized spacial score (nSPS) is 10.9. The first-order valence-corrected chi connectivity index (χ1v) is 7.80. The van der Waals surface area contributed by atoms with E-state index in [1.165, 1.54) is 12.1 Å². The summed E-state index contributed by atoms with van der Waals surface area (Å²) < 4.78 is 27.4. The van der Waals surface area contributed by atoms with Gasteiger partial charge in [-0.3, -0.25) is 0 Å². The molecule has 8 heteroatoms. The van der Waals surface area contributed by atoms with E-state index in [2.05, 4.69) is 4.98 Å². The van der Waals surface area contributed by atoms with Crippen LogP contribution >= 0.6 is 11.6 Å². The minimum Gasteiger partial charge on any atom is -0.439 e. The van der Waals surface area contributed by atoms with Gasteiger partial charge in [-0.05, 0) is 23.8 Å². The van der Waals surface area contributed by atoms with Gasteiger partial charge >= 0.3 is 0 Å². The van der Waals surface area contributed by atoms with E-state index in [0.29, 0.717) is 16.9 Å². The van der Waals surface area contributed by atoms with E-state index in [4.69, 9.17) is 26.7 Å². The standard InChI is InChI=1S/C13H10ClN3O3S/c14-12-5-10(7-15)6-13(17-12)20-11-3-1-9(2-4-11)8-21(16,18)19/h1-6H,8H2,(H2,16,18,19). The van der Waals surface area contributed by atoms with Gasteiger partial charge in [-0.25, -0.2) is 18.5 Å². The molecular weight excluding hydrogens is 314 g/mol. The van der Waals surface area contributed by atoms with Gasteiger partial charge in [0.25, 0.3) is 0 Å². The van der Waals surface area contributed by atoms with E-state index in [0.717, 1.165) is 0 Å². The lowest BCUT2D eigenvalue weighted by Crippen LogP contribution is -2.14. The Hall–Kier alpha value is -2.14. The number of halogens is 1. The molecule has 2 N–H and O–H groups in total. The van der Waals surface area contributed by atoms with Crippen molar-refractivity contribution in [2.45, 2.75) is 5.75 Å². The van der Waals surface area contributed by atoms with Crippen LogP contribution in [0.25, 0.3) is 0 Å². The van der Waals surface area contributed by atoms with Gasteiger partial charge in [-0.1, -0.05) is 23.7 Å². The number of nitriles is 1. The molecule has 6 nitrogen and oxygen atoms in total. The number of rotatable bonds is 4. The molecule has 0 aliphatic carbocycles. The van der Waals surface area contributed by atoms with Crippen molar-refractivity contribution in [1.29, 1.82) is 5.26 Å². The van der Waals surface area contributed by atoms with Crippen LogP contribution in [0, 0.1) is 11.3 Å². The number of hydrogen-bond donors (Lipinski definition) is 1. The summed E-state index contributed by atoms with van der Waals surface area (Å²) in [6.07, 6.45) is 0. The molecule has 1 aromatic heterocycles. The SMILES string of the molecule is N#Cc1cc(Cl)nc(Oc2ccc(CS(N)(=O)=O)cc2)c1. The summed E-state index contributed by atoms with van der Waals surface area (Å²) in [7, 11) is -3.57. The molecule has 108 valence electrons. The molecule has 2 aromatic rings. The van der Waals surface area contributed by atoms with E-state index < -0.39 is 10.0 Å². The van der Waals surface area contributed by atoms with Crippen LogP contribution in [0.1, 0.15) is 11.1 Å². The van der Waals surface area contributed by atoms with Crippen LogP contribution in [0.3, 0.4) is 0 Å². The molecule has 0 saturated carbocycles. The molecule has 0 radical (unpaired) electrons. The number of nitrogens with zero attached hydrogens (tertiary/aromatic N) is 2. The van der Waals surface area contributed by atoms with Gasteiger partial charge in [0, 0.05) is 6.07 Å². The zero-order chi connectivity index (χ0) is 15.5. The smallest absolute Gasteiger partial charge is 0.221 e. The number of aromatic nitrogens is 1. The Morgan fingerprint density at radius 1 is 1.29 bits per heavy atom. The highest BCUT2D eigenvalue weighted by Gasteiger charge is 2.07. The fraction of sp³-hybridized carbons (Fsp3) is 0.0769. The number of hydrogen-bond acceptors (Lipinski definition) is 5. The molecule has 0 spiro atoms. The van der Waals surface area contributed by atoms with Gasteiger partial charge in [0.2, 0.25) is 15.9 Å². The summed E-state index contributed by atoms with van der Waals surface area (Å²) in [4.78, 5) is 3.94. The Balaban J connectivity index is 2.17. The van der Waals surface area contributed by atoms with E-state index >= 15 is 0 Å². The van der Waals surface area contributed by atoms with E-state index in [1.807, 2.05) is 6.07 Å². The summed E-state index contributed by atoms with van der Waals surface area (Å²) in [5.41, 5.74) is 0.873. The second-order valence-electron chi connectivity index (χ2n) is 4.18. The highest BCUT2D eigenvalue weighted by molar-refractivity contribution is 7.88. The van der Waals surface area contributed by atoms with E-state index in [9.17, 15) is 8.42 Å². The highest BCUT2D eigenvalue weighted by Crippen LogP contribution is 2.23. The first-order valence-electron chi connectivity index (χ1n) is 5.71. The number of pyridine rings is 1. The summed E-state index contributed by atoms with van der Waals surface area (Å²) >= 11 is 5.77. The molecule has 0 amide bonds. The van der Waals surface area contributed by atoms with Crippen LogP contribution < -0.4 is 9.88 Å². The third-order valence-electron chi connectivity index (χ3n) is 2.41. The summed E-state index contributed by atoms with van der Waals surface area (Å²) in [6, 6.07) is 11.1. The van der Waals surface area contributed by atoms with Gasteiger partial charge in [-0.2, -0.15) is 5.26 Å². The van der Waals surface area contributed by atoms with Crippen molar-refractivity contribution in [3.8, 4) is 17.7 Å². The fourth-order valence-electron chi connectivity index (χ4n) is 1.60. The molecule has 21 heavy (non-hydrogen) atoms. The van der Waals surface area contributed by atoms with Crippen molar-refractivity contribution in [2.24, 2.45) is 5.14 Å². The molecule has 0 aliphatic heterocycles. The molecule has 0 aliphatic rings. The van der Waals surface area contributed by atoms with Crippen molar-refractivity contribution in [2.75, 3.05) is 0 Å². The van der Waals surface area contributed by atoms with Crippen molar-refractivity contribution in [3.05, 3.63) is 52.7 Å². The Kier molecular flexibility index (Phi) is 4.43. The Labute approximate surface area is 126 Å². The number of nitrogens with two attached hydrogens (primary N) is 1. The van der Waals surface area contributed by atoms with Crippen molar-refractivity contribution in [3.63, 3.8) is 0 Å². The Morgan fingerprint density at radius 2 is 1.95 bits per heavy atom. The van der Waals surface area contributed by atoms with Crippen LogP contribution in [0.2, 0.25) is 5.15 Å². The lowest BCUT2D eigenvalue weighted by molar-refractivity contribution is 0.462. The first-order chi connectivity index (χ1) is 9.85. The molecular formula is C13H10ClN3O3S. The van der Waals surface area contributed by atoms with Gasteiger partial charge in [0.15, 0.2) is 0 Å². The molecule has 1 heterocycles. The lowest BCUT2D eigenvalue weighted by atomic mass is 10.2. The number of ether oxygens (including phenoxy) is 1. The van der Waals surface area contributed by atoms with Gasteiger partial charge in [0.1, 0.15) is 10.9 Å². The molecule has 0 bridgehead atoms. The Bertz CT molecular complexity index is 798. The highest BCUT2D eigenvalue weighted by atomic mass is 35.5. The first kappa shape index (κ1) is 15.3. The summed E-state index contributed by atoms with van der Waals surface area (Å²) in [6.45, 7) is 0. The maximum atomic E-state index is 11.0. The second-order valence-corrected chi connectivity index (χ2v) is 6.18. The average molecular weight is 324 g/mol. The minimum atomic E-state index is -3.57. The van der Waals surface area contributed by atoms with Crippen molar-refractivity contribution < 1.29 is 13.2 Å². The quantitative estimate of drug-likeness (QED) is 0.868. The molecule has 2 rings (SSSR count). The van der Waals surface area contributed by atoms with Crippen LogP contribution in [-0.4, -0.2) is 13.4 Å². The second kappa shape index (κ2) is 6.10. The number of benzene rings is 1. The van der Waals surface area contributed by atoms with Crippen molar-refractivity contribution >= 4 is 21.6 Å². The topological polar surface area (TPSA) is 106 Å². The van der Waals surface area contributed by atoms with Crippen LogP contribution in [0.5, 0.6) is 11.6 Å². The largest absolute Gasteiger partial charge is 0.439 e. The van der Waals surface area contributed by atoms with Crippen LogP contribution in [-0.2, 0) is 15.8 Å². The third-order valence-corrected chi connectivity index (χ3v) is 3.34. The van der Waals surface area contributed by atoms with Gasteiger partial charge in [-0.15, -0.1) is 0 Å². The zero-order valence-corrected chi connectivity index (χ0v) is 12.2. The van der Waals surface area contributed by atoms with Gasteiger partial charge in [0.05, 0.1) is 17.4 Å². The van der Waals surface area contributed by atoms with E-state index in [1.54, 1.807) is 24.3 Å². The predicted octanol–water partition coefficient (Wildman–Crippen LogP) is 2.19. The van der Waals surface area contributed by atoms with Crippen LogP contribution in [0.4, 0.5) is 0 Å². The Morgan fingerprint density at radius 3 is 2.52 bits per heavy atom. The van der Waals surface area contributed by atoms with Gasteiger partial charge < -0.3 is 4.74 Å².